The van der Waals surface area contributed by atoms with Crippen LogP contribution in [0, 0.1) is 6.92 Å². The van der Waals surface area contributed by atoms with Gasteiger partial charge in [-0.3, -0.25) is 9.36 Å². The zero-order chi connectivity index (χ0) is 19.4. The fraction of sp³-hybridized carbons (Fsp3) is 0.286. The Morgan fingerprint density at radius 3 is 2.48 bits per heavy atom. The number of nitrogens with zero attached hydrogens (tertiary/aromatic N) is 3. The molecule has 1 amide bonds. The molecule has 1 N–H and O–H groups in total. The van der Waals surface area contributed by atoms with Crippen molar-refractivity contribution < 1.29 is 4.79 Å². The fourth-order valence-corrected chi connectivity index (χ4v) is 3.48. The second-order valence-corrected chi connectivity index (χ2v) is 8.38. The largest absolute Gasteiger partial charge is 0.351 e. The molecule has 2 aromatic carbocycles. The van der Waals surface area contributed by atoms with Gasteiger partial charge in [0.05, 0.1) is 5.75 Å². The lowest BCUT2D eigenvalue weighted by molar-refractivity contribution is -0.119. The molecule has 140 valence electrons. The van der Waals surface area contributed by atoms with Gasteiger partial charge in [0.2, 0.25) is 5.91 Å². The highest BCUT2D eigenvalue weighted by Crippen LogP contribution is 2.28. The number of carbonyl (C=O) groups excluding carboxylic acids is 1. The topological polar surface area (TPSA) is 59.8 Å². The molecule has 0 saturated heterocycles. The van der Waals surface area contributed by atoms with Crippen LogP contribution in [-0.2, 0) is 4.79 Å². The zero-order valence-electron chi connectivity index (χ0n) is 16.1. The van der Waals surface area contributed by atoms with E-state index in [9.17, 15) is 4.79 Å². The first kappa shape index (κ1) is 19.2. The summed E-state index contributed by atoms with van der Waals surface area (Å²) in [5, 5.41) is 12.5. The number of rotatable bonds is 5. The molecule has 6 heteroatoms. The van der Waals surface area contributed by atoms with Gasteiger partial charge in [0.25, 0.3) is 0 Å². The quantitative estimate of drug-likeness (QED) is 0.672. The summed E-state index contributed by atoms with van der Waals surface area (Å²) in [6.07, 6.45) is 0. The number of hydrogen-bond acceptors (Lipinski definition) is 4. The highest BCUT2D eigenvalue weighted by molar-refractivity contribution is 7.99. The number of para-hydroxylation sites is 1. The zero-order valence-corrected chi connectivity index (χ0v) is 16.9. The Balaban J connectivity index is 1.94. The van der Waals surface area contributed by atoms with E-state index in [-0.39, 0.29) is 17.2 Å². The van der Waals surface area contributed by atoms with E-state index in [2.05, 4.69) is 34.6 Å². The van der Waals surface area contributed by atoms with Crippen molar-refractivity contribution in [2.24, 2.45) is 0 Å². The third kappa shape index (κ3) is 4.98. The Kier molecular flexibility index (Phi) is 5.65. The first-order valence-corrected chi connectivity index (χ1v) is 9.84. The summed E-state index contributed by atoms with van der Waals surface area (Å²) < 4.78 is 2.00. The maximum atomic E-state index is 12.2. The summed E-state index contributed by atoms with van der Waals surface area (Å²) in [6, 6.07) is 18.2. The van der Waals surface area contributed by atoms with Gasteiger partial charge < -0.3 is 5.32 Å². The summed E-state index contributed by atoms with van der Waals surface area (Å²) >= 11 is 1.39. The van der Waals surface area contributed by atoms with E-state index >= 15 is 0 Å². The molecule has 0 aliphatic rings. The van der Waals surface area contributed by atoms with Gasteiger partial charge in [0.1, 0.15) is 0 Å². The summed E-state index contributed by atoms with van der Waals surface area (Å²) in [5.41, 5.74) is 2.88. The van der Waals surface area contributed by atoms with Crippen LogP contribution >= 0.6 is 11.8 Å². The molecule has 0 saturated carbocycles. The van der Waals surface area contributed by atoms with Crippen LogP contribution < -0.4 is 5.32 Å². The number of benzene rings is 2. The molecule has 1 heterocycles. The SMILES string of the molecule is Cc1cccc(-c2nnc(SCC(=O)NC(C)(C)C)n2-c2ccccc2)c1. The van der Waals surface area contributed by atoms with Gasteiger partial charge in [-0.05, 0) is 45.9 Å². The number of hydrogen-bond donors (Lipinski definition) is 1. The minimum atomic E-state index is -0.253. The van der Waals surface area contributed by atoms with E-state index in [0.29, 0.717) is 5.16 Å². The van der Waals surface area contributed by atoms with Crippen LogP contribution in [0.5, 0.6) is 0 Å². The highest BCUT2D eigenvalue weighted by Gasteiger charge is 2.19. The lowest BCUT2D eigenvalue weighted by Gasteiger charge is -2.20. The Hall–Kier alpha value is -2.60. The van der Waals surface area contributed by atoms with Gasteiger partial charge in [-0.1, -0.05) is 53.7 Å². The fourth-order valence-electron chi connectivity index (χ4n) is 2.73. The number of nitrogens with one attached hydrogen (secondary N) is 1. The van der Waals surface area contributed by atoms with Crippen LogP contribution in [0.4, 0.5) is 0 Å². The van der Waals surface area contributed by atoms with Gasteiger partial charge in [-0.25, -0.2) is 0 Å². The van der Waals surface area contributed by atoms with E-state index in [1.54, 1.807) is 0 Å². The number of carbonyl (C=O) groups is 1. The van der Waals surface area contributed by atoms with Crippen molar-refractivity contribution in [1.29, 1.82) is 0 Å². The van der Waals surface area contributed by atoms with Gasteiger partial charge in [0.15, 0.2) is 11.0 Å². The second-order valence-electron chi connectivity index (χ2n) is 7.43. The predicted molar refractivity (Wildman–Crippen MR) is 110 cm³/mol. The number of thioether (sulfide) groups is 1. The van der Waals surface area contributed by atoms with E-state index in [0.717, 1.165) is 22.6 Å². The van der Waals surface area contributed by atoms with Crippen LogP contribution in [0.1, 0.15) is 26.3 Å². The Morgan fingerprint density at radius 1 is 1.07 bits per heavy atom. The minimum Gasteiger partial charge on any atom is -0.351 e. The molecule has 0 fully saturated rings. The Morgan fingerprint density at radius 2 is 1.81 bits per heavy atom. The molecule has 0 atom stereocenters. The number of aromatic nitrogens is 3. The van der Waals surface area contributed by atoms with Crippen LogP contribution in [0.15, 0.2) is 59.8 Å². The molecule has 1 aromatic heterocycles. The van der Waals surface area contributed by atoms with Crippen molar-refractivity contribution in [3.05, 3.63) is 60.2 Å². The third-order valence-electron chi connectivity index (χ3n) is 3.77. The molecule has 0 spiro atoms. The van der Waals surface area contributed by atoms with Crippen molar-refractivity contribution >= 4 is 17.7 Å². The molecule has 27 heavy (non-hydrogen) atoms. The van der Waals surface area contributed by atoms with Crippen molar-refractivity contribution in [2.75, 3.05) is 5.75 Å². The Labute approximate surface area is 164 Å². The van der Waals surface area contributed by atoms with Crippen molar-refractivity contribution in [3.8, 4) is 17.1 Å². The number of amides is 1. The maximum Gasteiger partial charge on any atom is 0.230 e. The molecule has 5 nitrogen and oxygen atoms in total. The second kappa shape index (κ2) is 7.96. The average Bonchev–Trinajstić information content (AvgIpc) is 3.03. The van der Waals surface area contributed by atoms with Crippen LogP contribution in [0.25, 0.3) is 17.1 Å². The lowest BCUT2D eigenvalue weighted by Crippen LogP contribution is -2.41. The lowest BCUT2D eigenvalue weighted by atomic mass is 10.1. The van der Waals surface area contributed by atoms with Gasteiger partial charge in [-0.2, -0.15) is 0 Å². The van der Waals surface area contributed by atoms with E-state index < -0.39 is 0 Å². The van der Waals surface area contributed by atoms with Crippen molar-refractivity contribution in [2.45, 2.75) is 38.4 Å². The normalized spacial score (nSPS) is 11.4. The smallest absolute Gasteiger partial charge is 0.230 e. The summed E-state index contributed by atoms with van der Waals surface area (Å²) in [4.78, 5) is 12.2. The minimum absolute atomic E-state index is 0.0211. The summed E-state index contributed by atoms with van der Waals surface area (Å²) in [6.45, 7) is 7.97. The maximum absolute atomic E-state index is 12.2. The van der Waals surface area contributed by atoms with Crippen molar-refractivity contribution in [1.82, 2.24) is 20.1 Å². The predicted octanol–water partition coefficient (Wildman–Crippen LogP) is 4.25. The van der Waals surface area contributed by atoms with Crippen LogP contribution in [0.3, 0.4) is 0 Å². The number of aryl methyl sites for hydroxylation is 1. The van der Waals surface area contributed by atoms with Crippen LogP contribution in [0.2, 0.25) is 0 Å². The molecule has 0 aliphatic heterocycles. The molecular weight excluding hydrogens is 356 g/mol. The average molecular weight is 381 g/mol. The van der Waals surface area contributed by atoms with Gasteiger partial charge in [-0.15, -0.1) is 10.2 Å². The molecule has 0 aliphatic carbocycles. The van der Waals surface area contributed by atoms with E-state index in [4.69, 9.17) is 0 Å². The van der Waals surface area contributed by atoms with E-state index in [1.165, 1.54) is 11.8 Å². The molecule has 0 bridgehead atoms. The third-order valence-corrected chi connectivity index (χ3v) is 4.70. The first-order chi connectivity index (χ1) is 12.8. The standard InChI is InChI=1S/C21H24N4OS/c1-15-9-8-10-16(13-15)19-23-24-20(25(19)17-11-6-5-7-12-17)27-14-18(26)22-21(2,3)4/h5-13H,14H2,1-4H3,(H,22,26). The van der Waals surface area contributed by atoms with Crippen molar-refractivity contribution in [3.63, 3.8) is 0 Å². The Bertz CT molecular complexity index is 929. The monoisotopic (exact) mass is 380 g/mol. The summed E-state index contributed by atoms with van der Waals surface area (Å²) in [5.74, 6) is 1.03. The molecule has 3 aromatic rings. The first-order valence-electron chi connectivity index (χ1n) is 8.85. The molecule has 0 unspecified atom stereocenters. The molecular formula is C21H24N4OS. The van der Waals surface area contributed by atoms with Crippen LogP contribution in [-0.4, -0.2) is 32.0 Å². The highest BCUT2D eigenvalue weighted by atomic mass is 32.2. The van der Waals surface area contributed by atoms with Gasteiger partial charge >= 0.3 is 0 Å². The van der Waals surface area contributed by atoms with Gasteiger partial charge in [0, 0.05) is 16.8 Å². The molecule has 0 radical (unpaired) electrons. The summed E-state index contributed by atoms with van der Waals surface area (Å²) in [7, 11) is 0. The van der Waals surface area contributed by atoms with E-state index in [1.807, 2.05) is 67.8 Å². The molecule has 3 rings (SSSR count).